The number of aromatic nitrogens is 2. The van der Waals surface area contributed by atoms with Crippen LogP contribution in [0.1, 0.15) is 6.92 Å². The number of ether oxygens (including phenoxy) is 1. The second-order valence-electron chi connectivity index (χ2n) is 3.69. The fraction of sp³-hybridized carbons (Fsp3) is 0.200. The lowest BCUT2D eigenvalue weighted by Gasteiger charge is -2.02. The summed E-state index contributed by atoms with van der Waals surface area (Å²) in [5.41, 5.74) is 0.563. The van der Waals surface area contributed by atoms with Crippen LogP contribution in [0.4, 0.5) is 10.7 Å². The summed E-state index contributed by atoms with van der Waals surface area (Å²) in [6.45, 7) is 1.82. The highest BCUT2D eigenvalue weighted by molar-refractivity contribution is 7.85. The summed E-state index contributed by atoms with van der Waals surface area (Å²) < 4.78 is 36.7. The van der Waals surface area contributed by atoms with Crippen LogP contribution in [-0.2, 0) is 14.9 Å². The molecule has 2 aromatic rings. The maximum atomic E-state index is 11.3. The summed E-state index contributed by atoms with van der Waals surface area (Å²) in [6.07, 6.45) is -0.736. The van der Waals surface area contributed by atoms with Crippen molar-refractivity contribution in [3.63, 3.8) is 0 Å². The summed E-state index contributed by atoms with van der Waals surface area (Å²) >= 11 is 5.94. The van der Waals surface area contributed by atoms with Gasteiger partial charge in [0.1, 0.15) is 0 Å². The number of carbonyl (C=O) groups is 1. The van der Waals surface area contributed by atoms with Crippen LogP contribution in [0.2, 0.25) is 0 Å². The van der Waals surface area contributed by atoms with Crippen molar-refractivity contribution in [1.82, 2.24) is 9.07 Å². The van der Waals surface area contributed by atoms with Crippen LogP contribution >= 0.6 is 24.2 Å². The number of benzene rings is 1. The third kappa shape index (κ3) is 3.76. The molecular weight excluding hydrogens is 345 g/mol. The number of hydrogen-bond donors (Lipinski definition) is 2. The van der Waals surface area contributed by atoms with Gasteiger partial charge in [-0.2, -0.15) is 8.42 Å². The van der Waals surface area contributed by atoms with Crippen molar-refractivity contribution in [3.05, 3.63) is 18.2 Å². The molecule has 0 fully saturated rings. The number of hydrogen-bond acceptors (Lipinski definition) is 5. The lowest BCUT2D eigenvalue weighted by Crippen LogP contribution is -2.15. The van der Waals surface area contributed by atoms with E-state index in [0.29, 0.717) is 5.52 Å². The molecule has 1 amide bonds. The van der Waals surface area contributed by atoms with Gasteiger partial charge < -0.3 is 4.74 Å². The van der Waals surface area contributed by atoms with Gasteiger partial charge in [0, 0.05) is 11.8 Å². The number of rotatable bonds is 3. The highest BCUT2D eigenvalue weighted by Gasteiger charge is 2.16. The van der Waals surface area contributed by atoms with E-state index in [2.05, 4.69) is 15.0 Å². The molecule has 0 unspecified atom stereocenters. The lowest BCUT2D eigenvalue weighted by atomic mass is 10.3. The molecule has 1 aromatic heterocycles. The fourth-order valence-electron chi connectivity index (χ4n) is 1.53. The molecular formula is C10H11Cl2N3O5S. The zero-order valence-corrected chi connectivity index (χ0v) is 13.0. The molecule has 0 aliphatic carbocycles. The van der Waals surface area contributed by atoms with Crippen molar-refractivity contribution in [1.29, 1.82) is 0 Å². The van der Waals surface area contributed by atoms with E-state index in [9.17, 15) is 13.2 Å². The summed E-state index contributed by atoms with van der Waals surface area (Å²) in [4.78, 5) is 14.9. The van der Waals surface area contributed by atoms with E-state index < -0.39 is 16.2 Å². The van der Waals surface area contributed by atoms with Crippen molar-refractivity contribution in [2.45, 2.75) is 11.8 Å². The van der Waals surface area contributed by atoms with Crippen LogP contribution in [0.15, 0.2) is 23.1 Å². The van der Waals surface area contributed by atoms with E-state index in [1.54, 1.807) is 6.92 Å². The molecule has 1 heterocycles. The Labute approximate surface area is 131 Å². The molecule has 2 N–H and O–H groups in total. The summed E-state index contributed by atoms with van der Waals surface area (Å²) in [5, 5.41) is 2.31. The quantitative estimate of drug-likeness (QED) is 0.817. The molecule has 0 aliphatic heterocycles. The number of imidazole rings is 1. The minimum absolute atomic E-state index is 0. The molecule has 0 saturated heterocycles. The molecule has 0 aliphatic rings. The summed E-state index contributed by atoms with van der Waals surface area (Å²) in [6, 6.07) is 3.67. The van der Waals surface area contributed by atoms with Crippen LogP contribution in [0.25, 0.3) is 11.0 Å². The number of anilines is 1. The fourth-order valence-corrected chi connectivity index (χ4v) is 2.25. The number of fused-ring (bicyclic) bond motifs is 1. The van der Waals surface area contributed by atoms with Gasteiger partial charge >= 0.3 is 6.09 Å². The van der Waals surface area contributed by atoms with Crippen molar-refractivity contribution >= 4 is 57.4 Å². The predicted molar refractivity (Wildman–Crippen MR) is 78.7 cm³/mol. The molecule has 1 aromatic carbocycles. The SMILES string of the molecule is CCOC(=O)Nc1nc2cc(S(=O)(=O)O)ccc2n1Cl.Cl. The third-order valence-electron chi connectivity index (χ3n) is 2.36. The van der Waals surface area contributed by atoms with Gasteiger partial charge in [-0.15, -0.1) is 12.4 Å². The highest BCUT2D eigenvalue weighted by atomic mass is 35.5. The average molecular weight is 356 g/mol. The third-order valence-corrected chi connectivity index (χ3v) is 3.55. The number of halogens is 2. The minimum atomic E-state index is -4.33. The number of amides is 1. The van der Waals surface area contributed by atoms with Crippen molar-refractivity contribution in [3.8, 4) is 0 Å². The van der Waals surface area contributed by atoms with Crippen LogP contribution in [0.3, 0.4) is 0 Å². The number of carbonyl (C=O) groups excluding carboxylic acids is 1. The van der Waals surface area contributed by atoms with Crippen molar-refractivity contribution < 1.29 is 22.5 Å². The molecule has 11 heteroatoms. The maximum Gasteiger partial charge on any atom is 0.413 e. The summed E-state index contributed by atoms with van der Waals surface area (Å²) in [7, 11) is -4.33. The Hall–Kier alpha value is -1.55. The number of nitrogens with one attached hydrogen (secondary N) is 1. The van der Waals surface area contributed by atoms with Crippen molar-refractivity contribution in [2.24, 2.45) is 0 Å². The molecule has 21 heavy (non-hydrogen) atoms. The first-order valence-corrected chi connectivity index (χ1v) is 7.20. The average Bonchev–Trinajstić information content (AvgIpc) is 2.65. The van der Waals surface area contributed by atoms with Gasteiger partial charge in [-0.25, -0.2) is 13.9 Å². The lowest BCUT2D eigenvalue weighted by molar-refractivity contribution is 0.167. The van der Waals surface area contributed by atoms with Gasteiger partial charge in [-0.3, -0.25) is 9.87 Å². The van der Waals surface area contributed by atoms with Gasteiger partial charge in [0.2, 0.25) is 5.95 Å². The predicted octanol–water partition coefficient (Wildman–Crippen LogP) is 2.28. The molecule has 0 saturated carbocycles. The molecule has 0 bridgehead atoms. The molecule has 0 radical (unpaired) electrons. The van der Waals surface area contributed by atoms with Gasteiger partial charge in [0.05, 0.1) is 22.5 Å². The Morgan fingerprint density at radius 3 is 2.76 bits per heavy atom. The first-order valence-electron chi connectivity index (χ1n) is 5.43. The Morgan fingerprint density at radius 1 is 1.52 bits per heavy atom. The largest absolute Gasteiger partial charge is 0.450 e. The monoisotopic (exact) mass is 355 g/mol. The van der Waals surface area contributed by atoms with Crippen LogP contribution in [0.5, 0.6) is 0 Å². The molecule has 2 rings (SSSR count). The highest BCUT2D eigenvalue weighted by Crippen LogP contribution is 2.24. The van der Waals surface area contributed by atoms with Gasteiger partial charge in [-0.05, 0) is 25.1 Å². The first-order chi connectivity index (χ1) is 9.32. The van der Waals surface area contributed by atoms with E-state index in [1.807, 2.05) is 0 Å². The minimum Gasteiger partial charge on any atom is -0.450 e. The normalized spacial score (nSPS) is 11.0. The topological polar surface area (TPSA) is 111 Å². The maximum absolute atomic E-state index is 11.3. The zero-order chi connectivity index (χ0) is 14.9. The second kappa shape index (κ2) is 6.48. The van der Waals surface area contributed by atoms with Gasteiger partial charge in [-0.1, -0.05) is 0 Å². The molecule has 0 spiro atoms. The summed E-state index contributed by atoms with van der Waals surface area (Å²) in [5.74, 6) is -0.0207. The van der Waals surface area contributed by atoms with E-state index >= 15 is 0 Å². The van der Waals surface area contributed by atoms with E-state index in [4.69, 9.17) is 16.3 Å². The van der Waals surface area contributed by atoms with E-state index in [-0.39, 0.29) is 35.4 Å². The Bertz CT molecular complexity index is 774. The zero-order valence-electron chi connectivity index (χ0n) is 10.6. The first kappa shape index (κ1) is 17.5. The van der Waals surface area contributed by atoms with Crippen LogP contribution in [0, 0.1) is 0 Å². The Morgan fingerprint density at radius 2 is 2.19 bits per heavy atom. The molecule has 0 atom stereocenters. The van der Waals surface area contributed by atoms with Crippen molar-refractivity contribution in [2.75, 3.05) is 11.9 Å². The standard InChI is InChI=1S/C10H10ClN3O5S.ClH/c1-2-19-10(15)13-9-12-7-5-6(20(16,17)18)3-4-8(7)14(9)11;/h3-5H,2H2,1H3,(H,12,13,15)(H,16,17,18);1H. The number of nitrogens with zero attached hydrogens (tertiary/aromatic N) is 2. The smallest absolute Gasteiger partial charge is 0.413 e. The second-order valence-corrected chi connectivity index (χ2v) is 5.45. The van der Waals surface area contributed by atoms with Crippen LogP contribution in [-0.4, -0.2) is 34.7 Å². The van der Waals surface area contributed by atoms with Gasteiger partial charge in [0.25, 0.3) is 10.1 Å². The van der Waals surface area contributed by atoms with Gasteiger partial charge in [0.15, 0.2) is 0 Å². The Kier molecular flexibility index (Phi) is 5.40. The van der Waals surface area contributed by atoms with E-state index in [1.165, 1.54) is 12.1 Å². The molecule has 8 nitrogen and oxygen atoms in total. The Balaban J connectivity index is 0.00000220. The van der Waals surface area contributed by atoms with E-state index in [0.717, 1.165) is 10.2 Å². The van der Waals surface area contributed by atoms with Crippen LogP contribution < -0.4 is 5.32 Å². The molecule has 116 valence electrons.